The van der Waals surface area contributed by atoms with E-state index in [1.165, 1.54) is 6.42 Å². The average Bonchev–Trinajstić information content (AvgIpc) is 2.69. The van der Waals surface area contributed by atoms with Gasteiger partial charge in [-0.2, -0.15) is 0 Å². The molecule has 3 fully saturated rings. The second-order valence-electron chi connectivity index (χ2n) is 6.35. The molecule has 3 rings (SSSR count). The van der Waals surface area contributed by atoms with E-state index in [0.717, 1.165) is 25.9 Å². The van der Waals surface area contributed by atoms with E-state index in [1.807, 2.05) is 0 Å². The van der Waals surface area contributed by atoms with Crippen LogP contribution in [0.2, 0.25) is 0 Å². The number of hydrogen-bond acceptors (Lipinski definition) is 2. The molecule has 94 valence electrons. The molecule has 2 saturated heterocycles. The number of carbonyl (C=O) groups is 2. The third kappa shape index (κ3) is 1.74. The highest BCUT2D eigenvalue weighted by Gasteiger charge is 2.49. The van der Waals surface area contributed by atoms with Crippen molar-refractivity contribution in [3.63, 3.8) is 0 Å². The summed E-state index contributed by atoms with van der Waals surface area (Å²) in [4.78, 5) is 27.8. The Morgan fingerprint density at radius 1 is 1.35 bits per heavy atom. The summed E-state index contributed by atoms with van der Waals surface area (Å²) in [7, 11) is 0. The lowest BCUT2D eigenvalue weighted by Gasteiger charge is -2.36. The van der Waals surface area contributed by atoms with E-state index < -0.39 is 0 Å². The second-order valence-corrected chi connectivity index (χ2v) is 6.35. The standard InChI is InChI=1S/C13H20N2O2/c1-13(2)6-9(13)7-14-8-11(16)15-5-3-4-10(15)12(14)17/h9-10H,3-8H2,1-2H3. The lowest BCUT2D eigenvalue weighted by Crippen LogP contribution is -2.57. The van der Waals surface area contributed by atoms with Crippen molar-refractivity contribution in [3.05, 3.63) is 0 Å². The highest BCUT2D eigenvalue weighted by atomic mass is 16.2. The van der Waals surface area contributed by atoms with Gasteiger partial charge in [-0.25, -0.2) is 0 Å². The SMILES string of the molecule is CC1(C)CC1CN1CC(=O)N2CCCC2C1=O. The van der Waals surface area contributed by atoms with Crippen LogP contribution >= 0.6 is 0 Å². The Morgan fingerprint density at radius 2 is 2.06 bits per heavy atom. The number of hydrogen-bond donors (Lipinski definition) is 0. The molecule has 4 nitrogen and oxygen atoms in total. The monoisotopic (exact) mass is 236 g/mol. The van der Waals surface area contributed by atoms with E-state index in [0.29, 0.717) is 17.9 Å². The molecule has 2 unspecified atom stereocenters. The molecule has 0 N–H and O–H groups in total. The maximum atomic E-state index is 12.3. The van der Waals surface area contributed by atoms with Crippen LogP contribution in [-0.2, 0) is 9.59 Å². The van der Waals surface area contributed by atoms with Gasteiger partial charge in [-0.1, -0.05) is 13.8 Å². The number of carbonyl (C=O) groups excluding carboxylic acids is 2. The normalized spacial score (nSPS) is 35.2. The minimum atomic E-state index is -0.141. The van der Waals surface area contributed by atoms with E-state index in [1.54, 1.807) is 9.80 Å². The first-order chi connectivity index (χ1) is 7.99. The summed E-state index contributed by atoms with van der Waals surface area (Å²) in [6.45, 7) is 6.33. The summed E-state index contributed by atoms with van der Waals surface area (Å²) < 4.78 is 0. The van der Waals surface area contributed by atoms with Gasteiger partial charge < -0.3 is 9.80 Å². The predicted octanol–water partition coefficient (Wildman–Crippen LogP) is 0.866. The summed E-state index contributed by atoms with van der Waals surface area (Å²) in [6.07, 6.45) is 3.01. The summed E-state index contributed by atoms with van der Waals surface area (Å²) in [5.41, 5.74) is 0.371. The highest BCUT2D eigenvalue weighted by Crippen LogP contribution is 2.52. The fourth-order valence-corrected chi connectivity index (χ4v) is 3.17. The quantitative estimate of drug-likeness (QED) is 0.713. The molecule has 17 heavy (non-hydrogen) atoms. The van der Waals surface area contributed by atoms with Gasteiger partial charge in [0, 0.05) is 13.1 Å². The maximum absolute atomic E-state index is 12.3. The molecule has 0 aromatic carbocycles. The smallest absolute Gasteiger partial charge is 0.245 e. The molecule has 4 heteroatoms. The average molecular weight is 236 g/mol. The molecule has 2 aliphatic heterocycles. The number of fused-ring (bicyclic) bond motifs is 1. The zero-order valence-electron chi connectivity index (χ0n) is 10.6. The minimum absolute atomic E-state index is 0.141. The molecule has 3 aliphatic rings. The van der Waals surface area contributed by atoms with Gasteiger partial charge in [-0.05, 0) is 30.6 Å². The van der Waals surface area contributed by atoms with Gasteiger partial charge in [0.05, 0.1) is 6.54 Å². The van der Waals surface area contributed by atoms with Crippen LogP contribution in [0.25, 0.3) is 0 Å². The predicted molar refractivity (Wildman–Crippen MR) is 63.2 cm³/mol. The minimum Gasteiger partial charge on any atom is -0.331 e. The lowest BCUT2D eigenvalue weighted by atomic mass is 10.1. The maximum Gasteiger partial charge on any atom is 0.245 e. The Kier molecular flexibility index (Phi) is 2.25. The molecule has 0 radical (unpaired) electrons. The van der Waals surface area contributed by atoms with Crippen LogP contribution in [0, 0.1) is 11.3 Å². The number of rotatable bonds is 2. The van der Waals surface area contributed by atoms with Crippen LogP contribution in [0.1, 0.15) is 33.1 Å². The summed E-state index contributed by atoms with van der Waals surface area (Å²) in [5, 5.41) is 0. The first-order valence-corrected chi connectivity index (χ1v) is 6.57. The fraction of sp³-hybridized carbons (Fsp3) is 0.846. The Labute approximate surface area is 102 Å². The van der Waals surface area contributed by atoms with Crippen molar-refractivity contribution in [3.8, 4) is 0 Å². The highest BCUT2D eigenvalue weighted by molar-refractivity contribution is 5.95. The van der Waals surface area contributed by atoms with Gasteiger partial charge in [0.15, 0.2) is 0 Å². The van der Waals surface area contributed by atoms with Crippen molar-refractivity contribution < 1.29 is 9.59 Å². The van der Waals surface area contributed by atoms with Crippen LogP contribution in [0.5, 0.6) is 0 Å². The van der Waals surface area contributed by atoms with Crippen LogP contribution in [-0.4, -0.2) is 47.3 Å². The summed E-state index contributed by atoms with van der Waals surface area (Å²) in [6, 6.07) is -0.141. The van der Waals surface area contributed by atoms with Crippen LogP contribution in [0.3, 0.4) is 0 Å². The van der Waals surface area contributed by atoms with E-state index in [2.05, 4.69) is 13.8 Å². The molecular weight excluding hydrogens is 216 g/mol. The van der Waals surface area contributed by atoms with Crippen molar-refractivity contribution in [2.45, 2.75) is 39.2 Å². The third-order valence-electron chi connectivity index (χ3n) is 4.65. The second kappa shape index (κ2) is 3.47. The number of amides is 2. The molecular formula is C13H20N2O2. The van der Waals surface area contributed by atoms with Crippen molar-refractivity contribution in [1.29, 1.82) is 0 Å². The van der Waals surface area contributed by atoms with Gasteiger partial charge in [-0.3, -0.25) is 9.59 Å². The topological polar surface area (TPSA) is 40.6 Å². The fourth-order valence-electron chi connectivity index (χ4n) is 3.17. The van der Waals surface area contributed by atoms with Gasteiger partial charge in [0.25, 0.3) is 0 Å². The molecule has 1 saturated carbocycles. The molecule has 0 bridgehead atoms. The van der Waals surface area contributed by atoms with Gasteiger partial charge >= 0.3 is 0 Å². The molecule has 2 atom stereocenters. The molecule has 1 aliphatic carbocycles. The molecule has 2 amide bonds. The van der Waals surface area contributed by atoms with Crippen LogP contribution < -0.4 is 0 Å². The van der Waals surface area contributed by atoms with E-state index in [4.69, 9.17) is 0 Å². The van der Waals surface area contributed by atoms with Gasteiger partial charge in [-0.15, -0.1) is 0 Å². The first kappa shape index (κ1) is 11.1. The van der Waals surface area contributed by atoms with E-state index in [9.17, 15) is 9.59 Å². The van der Waals surface area contributed by atoms with Crippen molar-refractivity contribution in [2.75, 3.05) is 19.6 Å². The molecule has 0 aromatic rings. The van der Waals surface area contributed by atoms with Crippen molar-refractivity contribution in [1.82, 2.24) is 9.80 Å². The zero-order valence-corrected chi connectivity index (χ0v) is 10.6. The number of piperazine rings is 1. The molecule has 2 heterocycles. The Bertz CT molecular complexity index is 378. The van der Waals surface area contributed by atoms with Gasteiger partial charge in [0.1, 0.15) is 6.04 Å². The Hall–Kier alpha value is -1.06. The first-order valence-electron chi connectivity index (χ1n) is 6.57. The zero-order chi connectivity index (χ0) is 12.2. The lowest BCUT2D eigenvalue weighted by molar-refractivity contribution is -0.153. The van der Waals surface area contributed by atoms with E-state index >= 15 is 0 Å². The third-order valence-corrected chi connectivity index (χ3v) is 4.65. The van der Waals surface area contributed by atoms with Crippen LogP contribution in [0.4, 0.5) is 0 Å². The van der Waals surface area contributed by atoms with E-state index in [-0.39, 0.29) is 17.9 Å². The van der Waals surface area contributed by atoms with Crippen molar-refractivity contribution in [2.24, 2.45) is 11.3 Å². The molecule has 0 spiro atoms. The van der Waals surface area contributed by atoms with Gasteiger partial charge in [0.2, 0.25) is 11.8 Å². The Balaban J connectivity index is 1.69. The van der Waals surface area contributed by atoms with Crippen molar-refractivity contribution >= 4 is 11.8 Å². The van der Waals surface area contributed by atoms with Crippen LogP contribution in [0.15, 0.2) is 0 Å². The molecule has 0 aromatic heterocycles. The number of nitrogens with zero attached hydrogens (tertiary/aromatic N) is 2. The summed E-state index contributed by atoms with van der Waals surface area (Å²) in [5.74, 6) is 0.919. The largest absolute Gasteiger partial charge is 0.331 e. The Morgan fingerprint density at radius 3 is 2.71 bits per heavy atom. The summed E-state index contributed by atoms with van der Waals surface area (Å²) >= 11 is 0.